The Hall–Kier alpha value is -1.79. The average Bonchev–Trinajstić information content (AvgIpc) is 3.10. The second kappa shape index (κ2) is 6.78. The first-order chi connectivity index (χ1) is 10.0. The van der Waals surface area contributed by atoms with E-state index in [4.69, 9.17) is 4.42 Å². The molecule has 1 atom stereocenters. The van der Waals surface area contributed by atoms with E-state index in [0.29, 0.717) is 24.8 Å². The zero-order valence-corrected chi connectivity index (χ0v) is 13.3. The number of hydrogen-bond acceptors (Lipinski definition) is 4. The molecule has 0 spiro atoms. The molecule has 2 heterocycles. The highest BCUT2D eigenvalue weighted by atomic mass is 32.1. The van der Waals surface area contributed by atoms with Gasteiger partial charge in [-0.3, -0.25) is 4.99 Å². The summed E-state index contributed by atoms with van der Waals surface area (Å²) >= 11 is 1.66. The molecule has 0 aliphatic rings. The Morgan fingerprint density at radius 1 is 1.38 bits per heavy atom. The van der Waals surface area contributed by atoms with Gasteiger partial charge in [0.1, 0.15) is 17.1 Å². The van der Waals surface area contributed by atoms with Crippen LogP contribution < -0.4 is 10.6 Å². The van der Waals surface area contributed by atoms with Crippen molar-refractivity contribution in [2.75, 3.05) is 13.6 Å². The maximum Gasteiger partial charge on any atom is 0.191 e. The van der Waals surface area contributed by atoms with Gasteiger partial charge in [-0.15, -0.1) is 0 Å². The number of nitrogens with one attached hydrogen (secondary N) is 2. The number of furan rings is 1. The maximum atomic E-state index is 10.5. The molecular weight excluding hydrogens is 286 g/mol. The number of guanidine groups is 1. The molecule has 1 unspecified atom stereocenters. The number of rotatable bonds is 5. The fourth-order valence-electron chi connectivity index (χ4n) is 1.87. The summed E-state index contributed by atoms with van der Waals surface area (Å²) in [6.45, 7) is 4.58. The van der Waals surface area contributed by atoms with E-state index in [0.717, 1.165) is 5.76 Å². The molecule has 6 heteroatoms. The van der Waals surface area contributed by atoms with Crippen LogP contribution in [0.25, 0.3) is 0 Å². The summed E-state index contributed by atoms with van der Waals surface area (Å²) in [5.41, 5.74) is 0.116. The van der Waals surface area contributed by atoms with Crippen LogP contribution in [0.2, 0.25) is 0 Å². The monoisotopic (exact) mass is 307 g/mol. The second-order valence-corrected chi connectivity index (χ2v) is 5.88. The predicted molar refractivity (Wildman–Crippen MR) is 85.5 cm³/mol. The number of aryl methyl sites for hydroxylation is 1. The first kappa shape index (κ1) is 15.6. The normalized spacial score (nSPS) is 14.8. The minimum absolute atomic E-state index is 0.309. The third-order valence-electron chi connectivity index (χ3n) is 3.13. The Kier molecular flexibility index (Phi) is 5.03. The Balaban J connectivity index is 1.87. The summed E-state index contributed by atoms with van der Waals surface area (Å²) in [7, 11) is 1.70. The van der Waals surface area contributed by atoms with Crippen LogP contribution in [0.15, 0.2) is 38.4 Å². The zero-order chi connectivity index (χ0) is 15.3. The second-order valence-electron chi connectivity index (χ2n) is 5.10. The highest BCUT2D eigenvalue weighted by Crippen LogP contribution is 2.21. The fourth-order valence-corrected chi connectivity index (χ4v) is 2.54. The van der Waals surface area contributed by atoms with Crippen LogP contribution in [-0.2, 0) is 12.1 Å². The minimum atomic E-state index is -1.09. The summed E-state index contributed by atoms with van der Waals surface area (Å²) in [6.07, 6.45) is 0. The molecule has 3 N–H and O–H groups in total. The van der Waals surface area contributed by atoms with Gasteiger partial charge in [0.2, 0.25) is 0 Å². The van der Waals surface area contributed by atoms with Gasteiger partial charge in [0.05, 0.1) is 6.54 Å². The van der Waals surface area contributed by atoms with Crippen molar-refractivity contribution >= 4 is 17.3 Å². The van der Waals surface area contributed by atoms with Crippen molar-refractivity contribution in [3.8, 4) is 0 Å². The highest BCUT2D eigenvalue weighted by molar-refractivity contribution is 7.07. The van der Waals surface area contributed by atoms with Crippen molar-refractivity contribution < 1.29 is 9.52 Å². The zero-order valence-electron chi connectivity index (χ0n) is 12.5. The molecule has 0 bridgehead atoms. The largest absolute Gasteiger partial charge is 0.463 e. The lowest BCUT2D eigenvalue weighted by molar-refractivity contribution is 0.0378. The first-order valence-electron chi connectivity index (χ1n) is 6.76. The molecule has 2 aromatic rings. The van der Waals surface area contributed by atoms with Gasteiger partial charge in [0.25, 0.3) is 0 Å². The molecule has 2 aromatic heterocycles. The Labute approximate surface area is 128 Å². The van der Waals surface area contributed by atoms with E-state index < -0.39 is 5.60 Å². The summed E-state index contributed by atoms with van der Waals surface area (Å²) in [4.78, 5) is 4.15. The van der Waals surface area contributed by atoms with Crippen molar-refractivity contribution in [1.29, 1.82) is 0 Å². The van der Waals surface area contributed by atoms with Crippen molar-refractivity contribution in [2.45, 2.75) is 26.0 Å². The standard InChI is InChI=1S/C15H21N3O2S/c1-11-4-5-13(20-11)15(2,19)10-18-14(16-3)17-8-12-6-7-21-9-12/h4-7,9,19H,8,10H2,1-3H3,(H2,16,17,18). The van der Waals surface area contributed by atoms with Gasteiger partial charge in [0.15, 0.2) is 5.96 Å². The summed E-state index contributed by atoms with van der Waals surface area (Å²) in [6, 6.07) is 5.69. The van der Waals surface area contributed by atoms with Crippen molar-refractivity contribution in [3.63, 3.8) is 0 Å². The molecule has 0 fully saturated rings. The SMILES string of the molecule is CN=C(NCc1ccsc1)NCC(C)(O)c1ccc(C)o1. The maximum absolute atomic E-state index is 10.5. The van der Waals surface area contributed by atoms with Crippen molar-refractivity contribution in [1.82, 2.24) is 10.6 Å². The molecule has 114 valence electrons. The highest BCUT2D eigenvalue weighted by Gasteiger charge is 2.26. The van der Waals surface area contributed by atoms with Crippen LogP contribution in [0.3, 0.4) is 0 Å². The lowest BCUT2D eigenvalue weighted by atomic mass is 10.0. The van der Waals surface area contributed by atoms with E-state index in [2.05, 4.69) is 27.1 Å². The molecule has 0 aromatic carbocycles. The van der Waals surface area contributed by atoms with Gasteiger partial charge in [-0.25, -0.2) is 0 Å². The fraction of sp³-hybridized carbons (Fsp3) is 0.400. The molecule has 2 rings (SSSR count). The smallest absolute Gasteiger partial charge is 0.191 e. The molecule has 0 radical (unpaired) electrons. The van der Waals surface area contributed by atoms with E-state index in [9.17, 15) is 5.11 Å². The topological polar surface area (TPSA) is 69.8 Å². The van der Waals surface area contributed by atoms with Gasteiger partial charge in [-0.1, -0.05) is 0 Å². The lowest BCUT2D eigenvalue weighted by Gasteiger charge is -2.22. The Morgan fingerprint density at radius 2 is 2.19 bits per heavy atom. The van der Waals surface area contributed by atoms with Gasteiger partial charge in [0, 0.05) is 13.6 Å². The third-order valence-corrected chi connectivity index (χ3v) is 3.87. The van der Waals surface area contributed by atoms with E-state index in [1.54, 1.807) is 31.4 Å². The molecule has 0 aliphatic heterocycles. The minimum Gasteiger partial charge on any atom is -0.463 e. The van der Waals surface area contributed by atoms with Crippen LogP contribution in [0.1, 0.15) is 24.0 Å². The van der Waals surface area contributed by atoms with Crippen LogP contribution in [-0.4, -0.2) is 24.7 Å². The number of thiophene rings is 1. The number of hydrogen-bond donors (Lipinski definition) is 3. The molecular formula is C15H21N3O2S. The Morgan fingerprint density at radius 3 is 2.76 bits per heavy atom. The Bertz CT molecular complexity index is 588. The first-order valence-corrected chi connectivity index (χ1v) is 7.70. The molecule has 5 nitrogen and oxygen atoms in total. The van der Waals surface area contributed by atoms with Crippen LogP contribution in [0.4, 0.5) is 0 Å². The van der Waals surface area contributed by atoms with Gasteiger partial charge in [-0.2, -0.15) is 11.3 Å². The number of aliphatic imine (C=N–C) groups is 1. The van der Waals surface area contributed by atoms with Crippen molar-refractivity contribution in [3.05, 3.63) is 46.0 Å². The molecule has 0 aliphatic carbocycles. The average molecular weight is 307 g/mol. The molecule has 0 saturated carbocycles. The summed E-state index contributed by atoms with van der Waals surface area (Å²) < 4.78 is 5.48. The van der Waals surface area contributed by atoms with Gasteiger partial charge in [-0.05, 0) is 48.4 Å². The lowest BCUT2D eigenvalue weighted by Crippen LogP contribution is -2.44. The van der Waals surface area contributed by atoms with Crippen LogP contribution >= 0.6 is 11.3 Å². The van der Waals surface area contributed by atoms with Crippen LogP contribution in [0, 0.1) is 6.92 Å². The molecule has 0 saturated heterocycles. The van der Waals surface area contributed by atoms with E-state index >= 15 is 0 Å². The van der Waals surface area contributed by atoms with Gasteiger partial charge < -0.3 is 20.2 Å². The van der Waals surface area contributed by atoms with E-state index in [1.165, 1.54) is 5.56 Å². The number of nitrogens with zero attached hydrogens (tertiary/aromatic N) is 1. The quantitative estimate of drug-likeness (QED) is 0.585. The summed E-state index contributed by atoms with van der Waals surface area (Å²) in [5.74, 6) is 1.97. The van der Waals surface area contributed by atoms with Gasteiger partial charge >= 0.3 is 0 Å². The molecule has 21 heavy (non-hydrogen) atoms. The van der Waals surface area contributed by atoms with Crippen LogP contribution in [0.5, 0.6) is 0 Å². The third kappa shape index (κ3) is 4.34. The number of aliphatic hydroxyl groups is 1. The van der Waals surface area contributed by atoms with E-state index in [1.807, 2.05) is 18.4 Å². The molecule has 0 amide bonds. The van der Waals surface area contributed by atoms with E-state index in [-0.39, 0.29) is 0 Å². The summed E-state index contributed by atoms with van der Waals surface area (Å²) in [5, 5.41) is 20.9. The van der Waals surface area contributed by atoms with Crippen molar-refractivity contribution in [2.24, 2.45) is 4.99 Å². The predicted octanol–water partition coefficient (Wildman–Crippen LogP) is 2.22.